The minimum Gasteiger partial charge on any atom is -0.383 e. The van der Waals surface area contributed by atoms with Gasteiger partial charge in [0.05, 0.1) is 23.7 Å². The van der Waals surface area contributed by atoms with Gasteiger partial charge in [0.25, 0.3) is 11.6 Å². The molecule has 0 bridgehead atoms. The monoisotopic (exact) mass is 456 g/mol. The van der Waals surface area contributed by atoms with Gasteiger partial charge in [0.15, 0.2) is 0 Å². The largest absolute Gasteiger partial charge is 0.383 e. The number of benzene rings is 2. The molecule has 0 aromatic heterocycles. The summed E-state index contributed by atoms with van der Waals surface area (Å²) in [7, 11) is 1.56. The Morgan fingerprint density at radius 3 is 2.55 bits per heavy atom. The Kier molecular flexibility index (Phi) is 8.76. The maximum atomic E-state index is 12.8. The average molecular weight is 457 g/mol. The van der Waals surface area contributed by atoms with Gasteiger partial charge in [-0.25, -0.2) is 0 Å². The van der Waals surface area contributed by atoms with E-state index in [2.05, 4.69) is 35.4 Å². The quantitative estimate of drug-likeness (QED) is 0.321. The molecule has 3 rings (SSSR count). The van der Waals surface area contributed by atoms with Crippen LogP contribution in [0.15, 0.2) is 42.5 Å². The summed E-state index contributed by atoms with van der Waals surface area (Å²) in [6.07, 6.45) is 0.367. The number of anilines is 1. The lowest BCUT2D eigenvalue weighted by Crippen LogP contribution is -2.45. The summed E-state index contributed by atoms with van der Waals surface area (Å²) < 4.78 is 10.8. The fraction of sp³-hybridized carbons (Fsp3) is 0.458. The average Bonchev–Trinajstić information content (AvgIpc) is 2.78. The Hall–Kier alpha value is -3.01. The van der Waals surface area contributed by atoms with E-state index in [4.69, 9.17) is 9.47 Å². The summed E-state index contributed by atoms with van der Waals surface area (Å²) >= 11 is 0. The smallest absolute Gasteiger partial charge is 0.293 e. The predicted molar refractivity (Wildman–Crippen MR) is 126 cm³/mol. The normalized spacial score (nSPS) is 18.6. The molecule has 2 aromatic carbocycles. The fourth-order valence-electron chi connectivity index (χ4n) is 4.08. The zero-order valence-corrected chi connectivity index (χ0v) is 19.4. The third-order valence-corrected chi connectivity index (χ3v) is 5.53. The molecule has 0 saturated carbocycles. The van der Waals surface area contributed by atoms with E-state index in [1.165, 1.54) is 6.07 Å². The number of nitrogens with one attached hydrogen (secondary N) is 2. The van der Waals surface area contributed by atoms with Crippen LogP contribution in [0.4, 0.5) is 11.4 Å². The molecular weight excluding hydrogens is 424 g/mol. The third-order valence-electron chi connectivity index (χ3n) is 5.53. The highest BCUT2D eigenvalue weighted by Crippen LogP contribution is 2.25. The molecule has 1 heterocycles. The minimum atomic E-state index is -0.495. The second-order valence-electron chi connectivity index (χ2n) is 8.31. The van der Waals surface area contributed by atoms with E-state index < -0.39 is 4.92 Å². The first-order valence-electron chi connectivity index (χ1n) is 11.1. The molecule has 9 nitrogen and oxygen atoms in total. The molecule has 1 saturated heterocycles. The molecule has 1 aliphatic heterocycles. The number of methoxy groups -OCH3 is 1. The van der Waals surface area contributed by atoms with Crippen molar-refractivity contribution in [2.45, 2.75) is 39.1 Å². The van der Waals surface area contributed by atoms with Crippen LogP contribution < -0.4 is 10.6 Å². The van der Waals surface area contributed by atoms with Crippen LogP contribution in [-0.4, -0.2) is 61.3 Å². The van der Waals surface area contributed by atoms with Crippen LogP contribution in [0, 0.1) is 10.1 Å². The zero-order chi connectivity index (χ0) is 23.8. The first-order valence-corrected chi connectivity index (χ1v) is 11.1. The van der Waals surface area contributed by atoms with E-state index in [1.54, 1.807) is 19.2 Å². The lowest BCUT2D eigenvalue weighted by atomic mass is 10.1. The number of amides is 1. The molecule has 2 unspecified atom stereocenters. The van der Waals surface area contributed by atoms with Crippen LogP contribution in [0.2, 0.25) is 0 Å². The van der Waals surface area contributed by atoms with Crippen molar-refractivity contribution in [2.75, 3.05) is 38.7 Å². The molecule has 178 valence electrons. The summed E-state index contributed by atoms with van der Waals surface area (Å²) in [5, 5.41) is 17.3. The number of nitro benzene ring substituents is 1. The van der Waals surface area contributed by atoms with Crippen LogP contribution in [0.25, 0.3) is 0 Å². The molecule has 0 radical (unpaired) electrons. The SMILES string of the molecule is COCCNc1ccc(C(=O)NCc2ccccc2CN2CC(C)OC(C)C2)cc1[N+](=O)[O-]. The molecule has 2 N–H and O–H groups in total. The van der Waals surface area contributed by atoms with Crippen LogP contribution in [0.3, 0.4) is 0 Å². The summed E-state index contributed by atoms with van der Waals surface area (Å²) in [4.78, 5) is 26.1. The van der Waals surface area contributed by atoms with Crippen LogP contribution in [0.5, 0.6) is 0 Å². The summed E-state index contributed by atoms with van der Waals surface area (Å²) in [6.45, 7) is 7.84. The van der Waals surface area contributed by atoms with Gasteiger partial charge >= 0.3 is 0 Å². The van der Waals surface area contributed by atoms with Gasteiger partial charge in [-0.05, 0) is 37.1 Å². The molecule has 2 aromatic rings. The Labute approximate surface area is 194 Å². The van der Waals surface area contributed by atoms with E-state index >= 15 is 0 Å². The van der Waals surface area contributed by atoms with E-state index in [1.807, 2.05) is 18.2 Å². The molecule has 1 fully saturated rings. The number of hydrogen-bond donors (Lipinski definition) is 2. The standard InChI is InChI=1S/C24H32N4O5/c1-17-14-27(15-18(2)33-17)16-21-7-5-4-6-20(21)13-26-24(29)19-8-9-22(25-10-11-32-3)23(12-19)28(30)31/h4-9,12,17-18,25H,10-11,13-16H2,1-3H3,(H,26,29). The van der Waals surface area contributed by atoms with Gasteiger partial charge in [-0.2, -0.15) is 0 Å². The number of nitro groups is 1. The van der Waals surface area contributed by atoms with Crippen molar-refractivity contribution >= 4 is 17.3 Å². The van der Waals surface area contributed by atoms with Gasteiger partial charge in [-0.1, -0.05) is 24.3 Å². The Balaban J connectivity index is 1.66. The second-order valence-corrected chi connectivity index (χ2v) is 8.31. The number of ether oxygens (including phenoxy) is 2. The number of carbonyl (C=O) groups excluding carboxylic acids is 1. The number of rotatable bonds is 10. The summed E-state index contributed by atoms with van der Waals surface area (Å²) in [6, 6.07) is 12.4. The van der Waals surface area contributed by atoms with Crippen molar-refractivity contribution in [3.63, 3.8) is 0 Å². The molecule has 9 heteroatoms. The maximum Gasteiger partial charge on any atom is 0.293 e. The number of carbonyl (C=O) groups is 1. The molecule has 2 atom stereocenters. The number of morpholine rings is 1. The fourth-order valence-corrected chi connectivity index (χ4v) is 4.08. The van der Waals surface area contributed by atoms with E-state index in [0.717, 1.165) is 30.8 Å². The lowest BCUT2D eigenvalue weighted by Gasteiger charge is -2.35. The highest BCUT2D eigenvalue weighted by molar-refractivity contribution is 5.95. The minimum absolute atomic E-state index is 0.144. The zero-order valence-electron chi connectivity index (χ0n) is 19.4. The van der Waals surface area contributed by atoms with Crippen LogP contribution >= 0.6 is 0 Å². The van der Waals surface area contributed by atoms with Gasteiger partial charge in [-0.3, -0.25) is 19.8 Å². The molecule has 0 spiro atoms. The van der Waals surface area contributed by atoms with Crippen molar-refractivity contribution in [1.82, 2.24) is 10.2 Å². The van der Waals surface area contributed by atoms with Crippen molar-refractivity contribution in [1.29, 1.82) is 0 Å². The topological polar surface area (TPSA) is 106 Å². The van der Waals surface area contributed by atoms with Crippen molar-refractivity contribution < 1.29 is 19.2 Å². The van der Waals surface area contributed by atoms with Crippen molar-refractivity contribution in [2.24, 2.45) is 0 Å². The van der Waals surface area contributed by atoms with Crippen molar-refractivity contribution in [3.8, 4) is 0 Å². The number of nitrogens with zero attached hydrogens (tertiary/aromatic N) is 2. The predicted octanol–water partition coefficient (Wildman–Crippen LogP) is 3.19. The second kappa shape index (κ2) is 11.7. The highest BCUT2D eigenvalue weighted by atomic mass is 16.6. The van der Waals surface area contributed by atoms with Gasteiger partial charge in [-0.15, -0.1) is 0 Å². The lowest BCUT2D eigenvalue weighted by molar-refractivity contribution is -0.384. The molecule has 1 amide bonds. The Bertz CT molecular complexity index is 958. The molecule has 33 heavy (non-hydrogen) atoms. The molecule has 0 aliphatic carbocycles. The maximum absolute atomic E-state index is 12.8. The van der Waals surface area contributed by atoms with Gasteiger partial charge < -0.3 is 20.1 Å². The van der Waals surface area contributed by atoms with Crippen molar-refractivity contribution in [3.05, 3.63) is 69.3 Å². The molecular formula is C24H32N4O5. The van der Waals surface area contributed by atoms with E-state index in [9.17, 15) is 14.9 Å². The van der Waals surface area contributed by atoms with Gasteiger partial charge in [0.2, 0.25) is 0 Å². The van der Waals surface area contributed by atoms with Gasteiger partial charge in [0.1, 0.15) is 5.69 Å². The van der Waals surface area contributed by atoms with Crippen LogP contribution in [-0.2, 0) is 22.6 Å². The Morgan fingerprint density at radius 1 is 1.18 bits per heavy atom. The molecule has 1 aliphatic rings. The number of hydrogen-bond acceptors (Lipinski definition) is 7. The summed E-state index contributed by atoms with van der Waals surface area (Å²) in [5.41, 5.74) is 2.61. The van der Waals surface area contributed by atoms with E-state index in [0.29, 0.717) is 25.4 Å². The first kappa shape index (κ1) is 24.6. The third kappa shape index (κ3) is 6.98. The first-order chi connectivity index (χ1) is 15.9. The van der Waals surface area contributed by atoms with E-state index in [-0.39, 0.29) is 29.4 Å². The Morgan fingerprint density at radius 2 is 1.88 bits per heavy atom. The summed E-state index contributed by atoms with van der Waals surface area (Å²) in [5.74, 6) is -0.357. The highest BCUT2D eigenvalue weighted by Gasteiger charge is 2.23. The van der Waals surface area contributed by atoms with Crippen LogP contribution in [0.1, 0.15) is 35.3 Å². The van der Waals surface area contributed by atoms with Gasteiger partial charge in [0, 0.05) is 51.5 Å².